The highest BCUT2D eigenvalue weighted by molar-refractivity contribution is 6.12. The molecule has 2 fully saturated rings. The Labute approximate surface area is 249 Å². The molecule has 2 saturated carbocycles. The van der Waals surface area contributed by atoms with E-state index in [9.17, 15) is 19.2 Å². The monoisotopic (exact) mass is 578 g/mol. The van der Waals surface area contributed by atoms with Crippen molar-refractivity contribution in [2.24, 2.45) is 0 Å². The molecule has 2 aliphatic carbocycles. The summed E-state index contributed by atoms with van der Waals surface area (Å²) in [5, 5.41) is 11.6. The van der Waals surface area contributed by atoms with Gasteiger partial charge in [0.15, 0.2) is 0 Å². The van der Waals surface area contributed by atoms with E-state index in [4.69, 9.17) is 9.84 Å². The first kappa shape index (κ1) is 28.3. The maximum absolute atomic E-state index is 13.5. The van der Waals surface area contributed by atoms with Gasteiger partial charge in [-0.2, -0.15) is 5.10 Å². The molecule has 9 heteroatoms. The van der Waals surface area contributed by atoms with Crippen molar-refractivity contribution >= 4 is 40.2 Å². The number of hydrogen-bond donors (Lipinski definition) is 2. The van der Waals surface area contributed by atoms with Gasteiger partial charge in [-0.25, -0.2) is 9.48 Å². The zero-order valence-corrected chi connectivity index (χ0v) is 24.1. The van der Waals surface area contributed by atoms with Crippen molar-refractivity contribution in [2.45, 2.75) is 63.3 Å². The molecule has 4 aromatic rings. The topological polar surface area (TPSA) is 119 Å². The number of fused-ring (bicyclic) bond motifs is 1. The van der Waals surface area contributed by atoms with E-state index in [1.54, 1.807) is 43.3 Å². The van der Waals surface area contributed by atoms with Crippen LogP contribution < -0.4 is 10.6 Å². The first-order valence-corrected chi connectivity index (χ1v) is 14.9. The molecule has 220 valence electrons. The maximum Gasteiger partial charge on any atom is 0.338 e. The van der Waals surface area contributed by atoms with E-state index in [-0.39, 0.29) is 25.2 Å². The van der Waals surface area contributed by atoms with Crippen molar-refractivity contribution in [3.63, 3.8) is 0 Å². The van der Waals surface area contributed by atoms with E-state index in [0.29, 0.717) is 28.2 Å². The molecule has 0 radical (unpaired) electrons. The zero-order chi connectivity index (χ0) is 30.0. The largest absolute Gasteiger partial charge is 0.462 e. The van der Waals surface area contributed by atoms with Crippen molar-refractivity contribution in [1.29, 1.82) is 0 Å². The SMILES string of the molecule is CCOC(=O)c1ccc(NC(=O)C2(NC(=O)c3ccc4c(C5CCCCC5)n(-c5ccccc5)nc4c3)CC(=O)C2)cc1. The molecule has 0 spiro atoms. The lowest BCUT2D eigenvalue weighted by atomic mass is 9.74. The van der Waals surface area contributed by atoms with Crippen molar-refractivity contribution in [2.75, 3.05) is 11.9 Å². The second kappa shape index (κ2) is 11.8. The Morgan fingerprint density at radius 3 is 2.30 bits per heavy atom. The highest BCUT2D eigenvalue weighted by Gasteiger charge is 2.51. The summed E-state index contributed by atoms with van der Waals surface area (Å²) in [7, 11) is 0. The second-order valence-electron chi connectivity index (χ2n) is 11.4. The van der Waals surface area contributed by atoms with Crippen LogP contribution in [0.15, 0.2) is 72.8 Å². The Hall–Kier alpha value is -4.79. The third-order valence-corrected chi connectivity index (χ3v) is 8.40. The molecular weight excluding hydrogens is 544 g/mol. The van der Waals surface area contributed by atoms with Crippen LogP contribution in [0, 0.1) is 0 Å². The number of ether oxygens (including phenoxy) is 1. The van der Waals surface area contributed by atoms with Gasteiger partial charge in [0.1, 0.15) is 11.3 Å². The van der Waals surface area contributed by atoms with Gasteiger partial charge in [0, 0.05) is 35.4 Å². The Kier molecular flexibility index (Phi) is 7.80. The van der Waals surface area contributed by atoms with E-state index in [1.165, 1.54) is 25.0 Å². The number of rotatable bonds is 8. The minimum Gasteiger partial charge on any atom is -0.462 e. The Balaban J connectivity index is 1.24. The quantitative estimate of drug-likeness (QED) is 0.258. The summed E-state index contributed by atoms with van der Waals surface area (Å²) < 4.78 is 7.01. The predicted octanol–water partition coefficient (Wildman–Crippen LogP) is 5.72. The molecule has 0 aliphatic heterocycles. The smallest absolute Gasteiger partial charge is 0.338 e. The molecule has 6 rings (SSSR count). The maximum atomic E-state index is 13.5. The molecule has 0 unspecified atom stereocenters. The van der Waals surface area contributed by atoms with E-state index in [2.05, 4.69) is 10.6 Å². The Bertz CT molecular complexity index is 1680. The van der Waals surface area contributed by atoms with E-state index < -0.39 is 23.3 Å². The van der Waals surface area contributed by atoms with Gasteiger partial charge in [-0.3, -0.25) is 14.4 Å². The third kappa shape index (κ3) is 5.67. The lowest BCUT2D eigenvalue weighted by Crippen LogP contribution is -2.64. The number of nitrogens with one attached hydrogen (secondary N) is 2. The molecule has 0 saturated heterocycles. The lowest BCUT2D eigenvalue weighted by molar-refractivity contribution is -0.138. The van der Waals surface area contributed by atoms with Crippen LogP contribution in [0.1, 0.15) is 84.2 Å². The van der Waals surface area contributed by atoms with Crippen LogP contribution in [0.2, 0.25) is 0 Å². The molecule has 43 heavy (non-hydrogen) atoms. The molecule has 0 bridgehead atoms. The molecule has 2 aliphatic rings. The van der Waals surface area contributed by atoms with Gasteiger partial charge in [-0.15, -0.1) is 0 Å². The minimum atomic E-state index is -1.36. The number of para-hydroxylation sites is 1. The van der Waals surface area contributed by atoms with Gasteiger partial charge >= 0.3 is 5.97 Å². The first-order chi connectivity index (χ1) is 20.9. The summed E-state index contributed by atoms with van der Waals surface area (Å²) in [6, 6.07) is 21.8. The standard InChI is InChI=1S/C34H34N4O5/c1-2-43-32(41)23-13-16-25(17-14-23)35-33(42)34(20-27(39)21-34)36-31(40)24-15-18-28-29(19-24)37-38(26-11-7-4-8-12-26)30(28)22-9-5-3-6-10-22/h4,7-8,11-19,22H,2-3,5-6,9-10,20-21H2,1H3,(H,35,42)(H,36,40). The van der Waals surface area contributed by atoms with Gasteiger partial charge in [-0.1, -0.05) is 43.5 Å². The van der Waals surface area contributed by atoms with Crippen molar-refractivity contribution in [3.8, 4) is 5.69 Å². The number of nitrogens with zero attached hydrogens (tertiary/aromatic N) is 2. The number of Topliss-reactive ketones (excluding diaryl/α,β-unsaturated/α-hetero) is 1. The average Bonchev–Trinajstić information content (AvgIpc) is 3.40. The molecule has 1 aromatic heterocycles. The molecular formula is C34H34N4O5. The number of carbonyl (C=O) groups is 4. The van der Waals surface area contributed by atoms with Crippen LogP contribution in [0.3, 0.4) is 0 Å². The number of hydrogen-bond acceptors (Lipinski definition) is 6. The van der Waals surface area contributed by atoms with Crippen molar-refractivity contribution < 1.29 is 23.9 Å². The predicted molar refractivity (Wildman–Crippen MR) is 162 cm³/mol. The van der Waals surface area contributed by atoms with Crippen molar-refractivity contribution in [1.82, 2.24) is 15.1 Å². The molecule has 3 aromatic carbocycles. The highest BCUT2D eigenvalue weighted by Crippen LogP contribution is 2.38. The fourth-order valence-electron chi connectivity index (χ4n) is 6.15. The summed E-state index contributed by atoms with van der Waals surface area (Å²) in [4.78, 5) is 50.9. The van der Waals surface area contributed by atoms with Crippen LogP contribution in [0.25, 0.3) is 16.6 Å². The molecule has 0 atom stereocenters. The number of benzene rings is 3. The van der Waals surface area contributed by atoms with Gasteiger partial charge < -0.3 is 15.4 Å². The van der Waals surface area contributed by atoms with Crippen LogP contribution in [0.4, 0.5) is 5.69 Å². The Morgan fingerprint density at radius 2 is 1.63 bits per heavy atom. The minimum absolute atomic E-state index is 0.0951. The fourth-order valence-corrected chi connectivity index (χ4v) is 6.15. The first-order valence-electron chi connectivity index (χ1n) is 14.9. The molecule has 2 amide bonds. The number of aromatic nitrogens is 2. The molecule has 1 heterocycles. The van der Waals surface area contributed by atoms with Gasteiger partial charge in [0.25, 0.3) is 11.8 Å². The van der Waals surface area contributed by atoms with Gasteiger partial charge in [0.2, 0.25) is 0 Å². The number of esters is 1. The normalized spacial score (nSPS) is 16.3. The van der Waals surface area contributed by atoms with E-state index in [1.807, 2.05) is 41.1 Å². The second-order valence-corrected chi connectivity index (χ2v) is 11.4. The number of ketones is 1. The van der Waals surface area contributed by atoms with E-state index in [0.717, 1.165) is 23.9 Å². The zero-order valence-electron chi connectivity index (χ0n) is 24.1. The third-order valence-electron chi connectivity index (χ3n) is 8.40. The van der Waals surface area contributed by atoms with E-state index >= 15 is 0 Å². The average molecular weight is 579 g/mol. The van der Waals surface area contributed by atoms with Gasteiger partial charge in [-0.05, 0) is 68.3 Å². The summed E-state index contributed by atoms with van der Waals surface area (Å²) >= 11 is 0. The van der Waals surface area contributed by atoms with Crippen LogP contribution in [-0.2, 0) is 14.3 Å². The van der Waals surface area contributed by atoms with Crippen LogP contribution in [0.5, 0.6) is 0 Å². The number of amides is 2. The van der Waals surface area contributed by atoms with Crippen LogP contribution >= 0.6 is 0 Å². The van der Waals surface area contributed by atoms with Crippen LogP contribution in [-0.4, -0.2) is 45.5 Å². The summed E-state index contributed by atoms with van der Waals surface area (Å²) in [6.07, 6.45) is 5.63. The molecule has 2 N–H and O–H groups in total. The number of carbonyl (C=O) groups excluding carboxylic acids is 4. The summed E-state index contributed by atoms with van der Waals surface area (Å²) in [6.45, 7) is 1.99. The van der Waals surface area contributed by atoms with Gasteiger partial charge in [0.05, 0.1) is 29.1 Å². The summed E-state index contributed by atoms with van der Waals surface area (Å²) in [5.41, 5.74) is 2.66. The molecule has 9 nitrogen and oxygen atoms in total. The number of anilines is 1. The lowest BCUT2D eigenvalue weighted by Gasteiger charge is -2.39. The fraction of sp³-hybridized carbons (Fsp3) is 0.324. The summed E-state index contributed by atoms with van der Waals surface area (Å²) in [5.74, 6) is -1.11. The Morgan fingerprint density at radius 1 is 0.930 bits per heavy atom. The highest BCUT2D eigenvalue weighted by atomic mass is 16.5. The van der Waals surface area contributed by atoms with Crippen molar-refractivity contribution in [3.05, 3.63) is 89.6 Å².